The molecule has 0 saturated carbocycles. The maximum atomic E-state index is 15.0. The number of pyridine rings is 1. The molecule has 0 radical (unpaired) electrons. The van der Waals surface area contributed by atoms with Crippen LogP contribution < -0.4 is 5.56 Å². The number of nitrogens with one attached hydrogen (secondary N) is 1. The molecule has 0 bridgehead atoms. The Morgan fingerprint density at radius 3 is 2.64 bits per heavy atom. The third-order valence-electron chi connectivity index (χ3n) is 5.41. The van der Waals surface area contributed by atoms with E-state index in [0.717, 1.165) is 35.1 Å². The van der Waals surface area contributed by atoms with Gasteiger partial charge < -0.3 is 19.1 Å². The van der Waals surface area contributed by atoms with E-state index < -0.39 is 41.2 Å². The van der Waals surface area contributed by atoms with Gasteiger partial charge in [-0.3, -0.25) is 4.79 Å². The Bertz CT molecular complexity index is 1650. The van der Waals surface area contributed by atoms with E-state index in [1.165, 1.54) is 18.3 Å². The molecule has 166 valence electrons. The van der Waals surface area contributed by atoms with E-state index in [1.807, 2.05) is 0 Å². The number of halogens is 4. The van der Waals surface area contributed by atoms with Crippen LogP contribution in [0.3, 0.4) is 0 Å². The second-order valence-electron chi connectivity index (χ2n) is 7.30. The van der Waals surface area contributed by atoms with Crippen LogP contribution in [-0.4, -0.2) is 20.6 Å². The van der Waals surface area contributed by atoms with E-state index in [2.05, 4.69) is 4.98 Å². The maximum Gasteiger partial charge on any atom is 0.353 e. The Morgan fingerprint density at radius 1 is 1.12 bits per heavy atom. The Balaban J connectivity index is 1.98. The van der Waals surface area contributed by atoms with Crippen LogP contribution in [0.5, 0.6) is 0 Å². The molecule has 5 aromatic rings. The monoisotopic (exact) mass is 472 g/mol. The summed E-state index contributed by atoms with van der Waals surface area (Å²) in [7, 11) is 0. The highest BCUT2D eigenvalue weighted by Crippen LogP contribution is 2.42. The molecule has 0 saturated heterocycles. The predicted molar refractivity (Wildman–Crippen MR) is 115 cm³/mol. The van der Waals surface area contributed by atoms with Crippen molar-refractivity contribution in [1.82, 2.24) is 9.55 Å². The van der Waals surface area contributed by atoms with Gasteiger partial charge in [-0.15, -0.1) is 0 Å². The zero-order chi connectivity index (χ0) is 23.4. The number of furan rings is 1. The molecule has 0 unspecified atom stereocenters. The lowest BCUT2D eigenvalue weighted by Gasteiger charge is -2.10. The van der Waals surface area contributed by atoms with Gasteiger partial charge in [0.05, 0.1) is 33.4 Å². The number of carboxylic acids is 1. The van der Waals surface area contributed by atoms with Crippen LogP contribution in [0.25, 0.3) is 33.0 Å². The smallest absolute Gasteiger partial charge is 0.353 e. The molecular weight excluding hydrogens is 461 g/mol. The summed E-state index contributed by atoms with van der Waals surface area (Å²) in [5.41, 5.74) is -1.36. The molecule has 0 aliphatic heterocycles. The number of nitrogens with zero attached hydrogens (tertiary/aromatic N) is 1. The molecule has 0 fully saturated rings. The molecule has 3 heterocycles. The summed E-state index contributed by atoms with van der Waals surface area (Å²) in [6.07, 6.45) is 2.46. The van der Waals surface area contributed by atoms with E-state index in [-0.39, 0.29) is 43.6 Å². The Kier molecular flexibility index (Phi) is 4.79. The SMILES string of the molecule is O=C(O)c1c(-c2ccc[nH]c2=O)c2c3occ(Cl)c3c(F)cc2n1Cc1cc(F)ccc1F. The minimum atomic E-state index is -1.47. The van der Waals surface area contributed by atoms with Crippen molar-refractivity contribution in [3.8, 4) is 11.1 Å². The van der Waals surface area contributed by atoms with Crippen LogP contribution in [0.4, 0.5) is 13.2 Å². The van der Waals surface area contributed by atoms with Gasteiger partial charge in [-0.25, -0.2) is 18.0 Å². The Labute approximate surface area is 187 Å². The van der Waals surface area contributed by atoms with Gasteiger partial charge in [0.2, 0.25) is 0 Å². The average Bonchev–Trinajstić information content (AvgIpc) is 3.30. The number of aromatic amines is 1. The van der Waals surface area contributed by atoms with Crippen LogP contribution in [0, 0.1) is 17.5 Å². The summed E-state index contributed by atoms with van der Waals surface area (Å²) < 4.78 is 49.8. The number of aromatic carboxylic acids is 1. The van der Waals surface area contributed by atoms with Crippen LogP contribution in [-0.2, 0) is 6.54 Å². The molecule has 2 N–H and O–H groups in total. The zero-order valence-corrected chi connectivity index (χ0v) is 17.2. The molecule has 2 aromatic carbocycles. The lowest BCUT2D eigenvalue weighted by molar-refractivity contribution is 0.0687. The van der Waals surface area contributed by atoms with Crippen molar-refractivity contribution in [1.29, 1.82) is 0 Å². The number of hydrogen-bond acceptors (Lipinski definition) is 3. The molecule has 0 aliphatic rings. The van der Waals surface area contributed by atoms with Gasteiger partial charge in [-0.2, -0.15) is 0 Å². The number of fused-ring (bicyclic) bond motifs is 3. The molecule has 10 heteroatoms. The quantitative estimate of drug-likeness (QED) is 0.358. The molecule has 5 rings (SSSR count). The summed E-state index contributed by atoms with van der Waals surface area (Å²) in [4.78, 5) is 27.5. The van der Waals surface area contributed by atoms with Gasteiger partial charge in [-0.1, -0.05) is 11.6 Å². The highest BCUT2D eigenvalue weighted by Gasteiger charge is 2.30. The minimum Gasteiger partial charge on any atom is -0.477 e. The van der Waals surface area contributed by atoms with E-state index in [9.17, 15) is 27.9 Å². The standard InChI is InChI=1S/C23H12ClF3N2O4/c24-13-9-33-21-18(13)15(27)7-16-19(21)17(12-2-1-5-28-22(12)30)20(23(31)32)29(16)8-10-6-11(25)3-4-14(10)26/h1-7,9H,8H2,(H,28,30)(H,31,32). The van der Waals surface area contributed by atoms with Crippen molar-refractivity contribution in [2.24, 2.45) is 0 Å². The van der Waals surface area contributed by atoms with Crippen molar-refractivity contribution < 1.29 is 27.5 Å². The number of carboxylic acid groups (broad SMARTS) is 1. The largest absolute Gasteiger partial charge is 0.477 e. The zero-order valence-electron chi connectivity index (χ0n) is 16.5. The third kappa shape index (κ3) is 3.20. The van der Waals surface area contributed by atoms with Crippen molar-refractivity contribution in [3.63, 3.8) is 0 Å². The summed E-state index contributed by atoms with van der Waals surface area (Å²) >= 11 is 6.07. The number of aromatic nitrogens is 2. The molecular formula is C23H12ClF3N2O4. The molecule has 3 aromatic heterocycles. The molecule has 0 aliphatic carbocycles. The lowest BCUT2D eigenvalue weighted by atomic mass is 10.0. The van der Waals surface area contributed by atoms with E-state index in [4.69, 9.17) is 16.0 Å². The van der Waals surface area contributed by atoms with Crippen molar-refractivity contribution in [2.75, 3.05) is 0 Å². The first-order valence-corrected chi connectivity index (χ1v) is 9.92. The summed E-state index contributed by atoms with van der Waals surface area (Å²) in [5.74, 6) is -3.78. The van der Waals surface area contributed by atoms with Gasteiger partial charge in [0.15, 0.2) is 0 Å². The number of benzene rings is 2. The minimum absolute atomic E-state index is 0.00494. The van der Waals surface area contributed by atoms with Gasteiger partial charge in [0.1, 0.15) is 35.0 Å². The third-order valence-corrected chi connectivity index (χ3v) is 5.68. The first kappa shape index (κ1) is 20.9. The fourth-order valence-corrected chi connectivity index (χ4v) is 4.28. The van der Waals surface area contributed by atoms with E-state index in [0.29, 0.717) is 0 Å². The highest BCUT2D eigenvalue weighted by atomic mass is 35.5. The van der Waals surface area contributed by atoms with Gasteiger partial charge >= 0.3 is 5.97 Å². The highest BCUT2D eigenvalue weighted by molar-refractivity contribution is 6.36. The normalized spacial score (nSPS) is 11.5. The predicted octanol–water partition coefficient (Wildman–Crippen LogP) is 5.56. The molecule has 0 amide bonds. The number of rotatable bonds is 4. The summed E-state index contributed by atoms with van der Waals surface area (Å²) in [6, 6.07) is 6.67. The lowest BCUT2D eigenvalue weighted by Crippen LogP contribution is -2.14. The first-order valence-electron chi connectivity index (χ1n) is 9.54. The number of hydrogen-bond donors (Lipinski definition) is 2. The van der Waals surface area contributed by atoms with E-state index in [1.54, 1.807) is 0 Å². The second kappa shape index (κ2) is 7.56. The Morgan fingerprint density at radius 2 is 1.91 bits per heavy atom. The van der Waals surface area contributed by atoms with Crippen LogP contribution >= 0.6 is 11.6 Å². The van der Waals surface area contributed by atoms with Crippen LogP contribution in [0.2, 0.25) is 5.02 Å². The van der Waals surface area contributed by atoms with Gasteiger partial charge in [0.25, 0.3) is 5.56 Å². The molecule has 33 heavy (non-hydrogen) atoms. The Hall–Kier alpha value is -3.98. The number of H-pyrrole nitrogens is 1. The van der Waals surface area contributed by atoms with Crippen molar-refractivity contribution >= 4 is 39.4 Å². The fourth-order valence-electron chi connectivity index (χ4n) is 4.05. The molecule has 6 nitrogen and oxygen atoms in total. The number of carbonyl (C=O) groups is 1. The maximum absolute atomic E-state index is 15.0. The topological polar surface area (TPSA) is 88.2 Å². The van der Waals surface area contributed by atoms with Gasteiger partial charge in [0, 0.05) is 17.3 Å². The average molecular weight is 473 g/mol. The summed E-state index contributed by atoms with van der Waals surface area (Å²) in [6.45, 7) is -0.453. The summed E-state index contributed by atoms with van der Waals surface area (Å²) in [5, 5.41) is 10.1. The van der Waals surface area contributed by atoms with Crippen LogP contribution in [0.1, 0.15) is 16.1 Å². The second-order valence-corrected chi connectivity index (χ2v) is 7.71. The fraction of sp³-hybridized carbons (Fsp3) is 0.0435. The van der Waals surface area contributed by atoms with Gasteiger partial charge in [-0.05, 0) is 36.4 Å². The first-order chi connectivity index (χ1) is 15.8. The molecule has 0 atom stereocenters. The molecule has 0 spiro atoms. The van der Waals surface area contributed by atoms with Crippen molar-refractivity contribution in [3.05, 3.63) is 92.9 Å². The van der Waals surface area contributed by atoms with E-state index >= 15 is 0 Å². The van der Waals surface area contributed by atoms with Crippen LogP contribution in [0.15, 0.2) is 58.1 Å². The van der Waals surface area contributed by atoms with Crippen molar-refractivity contribution in [2.45, 2.75) is 6.54 Å².